The van der Waals surface area contributed by atoms with Gasteiger partial charge >= 0.3 is 6.03 Å². The quantitative estimate of drug-likeness (QED) is 0.446. The van der Waals surface area contributed by atoms with Crippen molar-refractivity contribution in [2.75, 3.05) is 4.90 Å². The fourth-order valence-electron chi connectivity index (χ4n) is 2.95. The molecule has 150 valence electrons. The Balaban J connectivity index is 1.67. The summed E-state index contributed by atoms with van der Waals surface area (Å²) in [5, 5.41) is 3.16. The molecule has 0 spiro atoms. The Morgan fingerprint density at radius 3 is 2.40 bits per heavy atom. The van der Waals surface area contributed by atoms with Gasteiger partial charge in [0.05, 0.1) is 5.69 Å². The molecule has 0 bridgehead atoms. The number of nitrogens with zero attached hydrogens (tertiary/aromatic N) is 1. The van der Waals surface area contributed by atoms with E-state index in [1.165, 1.54) is 12.1 Å². The first-order valence-corrected chi connectivity index (χ1v) is 9.62. The summed E-state index contributed by atoms with van der Waals surface area (Å²) in [7, 11) is 0. The van der Waals surface area contributed by atoms with Crippen LogP contribution < -0.4 is 10.2 Å². The van der Waals surface area contributed by atoms with Crippen molar-refractivity contribution < 1.29 is 18.8 Å². The van der Waals surface area contributed by atoms with E-state index in [1.807, 2.05) is 0 Å². The minimum Gasteiger partial charge on any atom is -0.457 e. The molecule has 8 heteroatoms. The first-order chi connectivity index (χ1) is 14.3. The number of aryl methyl sites for hydroxylation is 1. The summed E-state index contributed by atoms with van der Waals surface area (Å²) in [4.78, 5) is 38.4. The molecule has 2 heterocycles. The number of hydrogen-bond donors (Lipinski definition) is 1. The SMILES string of the molecule is Cc1ccc(N2C(=O)NC(=O)C(=Cc3ccc(-c4ccc(Cl)cc4)o3)C2=O)cc1Cl. The van der Waals surface area contributed by atoms with Gasteiger partial charge in [0.2, 0.25) is 0 Å². The fraction of sp³-hybridized carbons (Fsp3) is 0.0455. The highest BCUT2D eigenvalue weighted by Crippen LogP contribution is 2.28. The third-order valence-corrected chi connectivity index (χ3v) is 5.22. The van der Waals surface area contributed by atoms with E-state index in [0.29, 0.717) is 15.8 Å². The van der Waals surface area contributed by atoms with Crippen LogP contribution in [0.25, 0.3) is 17.4 Å². The molecule has 4 amide bonds. The summed E-state index contributed by atoms with van der Waals surface area (Å²) in [6, 6.07) is 14.3. The molecule has 4 rings (SSSR count). The Hall–Kier alpha value is -3.35. The lowest BCUT2D eigenvalue weighted by atomic mass is 10.1. The van der Waals surface area contributed by atoms with Crippen LogP contribution in [0.1, 0.15) is 11.3 Å². The van der Waals surface area contributed by atoms with E-state index in [2.05, 4.69) is 5.32 Å². The first kappa shape index (κ1) is 19.9. The average molecular weight is 441 g/mol. The molecule has 1 aliphatic rings. The summed E-state index contributed by atoms with van der Waals surface area (Å²) < 4.78 is 5.74. The molecule has 0 saturated carbocycles. The van der Waals surface area contributed by atoms with E-state index in [0.717, 1.165) is 16.0 Å². The van der Waals surface area contributed by atoms with Gasteiger partial charge in [-0.25, -0.2) is 9.69 Å². The minimum atomic E-state index is -0.844. The number of anilines is 1. The normalized spacial score (nSPS) is 15.6. The van der Waals surface area contributed by atoms with Crippen LogP contribution in [0.3, 0.4) is 0 Å². The summed E-state index contributed by atoms with van der Waals surface area (Å²) >= 11 is 12.0. The monoisotopic (exact) mass is 440 g/mol. The van der Waals surface area contributed by atoms with Crippen molar-refractivity contribution in [3.05, 3.63) is 81.5 Å². The number of hydrogen-bond acceptors (Lipinski definition) is 4. The van der Waals surface area contributed by atoms with E-state index < -0.39 is 17.8 Å². The molecular weight excluding hydrogens is 427 g/mol. The number of barbiturate groups is 1. The Kier molecular flexibility index (Phi) is 5.20. The van der Waals surface area contributed by atoms with Crippen LogP contribution in [0.4, 0.5) is 10.5 Å². The number of carbonyl (C=O) groups excluding carboxylic acids is 3. The average Bonchev–Trinajstić information content (AvgIpc) is 3.17. The molecule has 0 atom stereocenters. The number of benzene rings is 2. The third-order valence-electron chi connectivity index (χ3n) is 4.56. The molecule has 2 aromatic carbocycles. The predicted octanol–water partition coefficient (Wildman–Crippen LogP) is 5.23. The summed E-state index contributed by atoms with van der Waals surface area (Å²) in [6.07, 6.45) is 1.30. The Morgan fingerprint density at radius 2 is 1.70 bits per heavy atom. The van der Waals surface area contributed by atoms with Crippen molar-refractivity contribution in [1.29, 1.82) is 0 Å². The molecular formula is C22H14Cl2N2O4. The van der Waals surface area contributed by atoms with Gasteiger partial charge in [-0.05, 0) is 67.1 Å². The molecule has 1 aromatic heterocycles. The van der Waals surface area contributed by atoms with Gasteiger partial charge in [-0.15, -0.1) is 0 Å². The lowest BCUT2D eigenvalue weighted by molar-refractivity contribution is -0.122. The number of carbonyl (C=O) groups is 3. The van der Waals surface area contributed by atoms with Crippen molar-refractivity contribution in [2.45, 2.75) is 6.92 Å². The van der Waals surface area contributed by atoms with E-state index in [1.54, 1.807) is 55.5 Å². The van der Waals surface area contributed by atoms with Crippen molar-refractivity contribution in [3.63, 3.8) is 0 Å². The largest absolute Gasteiger partial charge is 0.457 e. The molecule has 3 aromatic rings. The van der Waals surface area contributed by atoms with E-state index in [-0.39, 0.29) is 17.0 Å². The standard InChI is InChI=1S/C22H14Cl2N2O4/c1-12-2-7-15(10-18(12)24)26-21(28)17(20(27)25-22(26)29)11-16-8-9-19(30-16)13-3-5-14(23)6-4-13/h2-11H,1H3,(H,25,27,29). The lowest BCUT2D eigenvalue weighted by Crippen LogP contribution is -2.54. The molecule has 1 saturated heterocycles. The summed E-state index contributed by atoms with van der Waals surface area (Å²) in [5.41, 5.74) is 1.60. The maximum atomic E-state index is 12.9. The topological polar surface area (TPSA) is 79.6 Å². The van der Waals surface area contributed by atoms with Gasteiger partial charge < -0.3 is 4.42 Å². The van der Waals surface area contributed by atoms with Gasteiger partial charge in [0.25, 0.3) is 11.8 Å². The highest BCUT2D eigenvalue weighted by atomic mass is 35.5. The molecule has 30 heavy (non-hydrogen) atoms. The highest BCUT2D eigenvalue weighted by Gasteiger charge is 2.37. The number of urea groups is 1. The molecule has 1 fully saturated rings. The number of imide groups is 2. The van der Waals surface area contributed by atoms with Crippen LogP contribution in [0.2, 0.25) is 10.0 Å². The maximum Gasteiger partial charge on any atom is 0.335 e. The van der Waals surface area contributed by atoms with E-state index in [9.17, 15) is 14.4 Å². The van der Waals surface area contributed by atoms with Crippen molar-refractivity contribution >= 4 is 52.8 Å². The van der Waals surface area contributed by atoms with Crippen LogP contribution in [0.15, 0.2) is 64.6 Å². The van der Waals surface area contributed by atoms with Crippen LogP contribution in [-0.4, -0.2) is 17.8 Å². The summed E-state index contributed by atoms with van der Waals surface area (Å²) in [6.45, 7) is 1.80. The Morgan fingerprint density at radius 1 is 0.967 bits per heavy atom. The molecule has 1 N–H and O–H groups in total. The second-order valence-electron chi connectivity index (χ2n) is 6.60. The second-order valence-corrected chi connectivity index (χ2v) is 7.44. The van der Waals surface area contributed by atoms with Crippen LogP contribution in [0.5, 0.6) is 0 Å². The molecule has 0 unspecified atom stereocenters. The van der Waals surface area contributed by atoms with Gasteiger partial charge in [0.15, 0.2) is 0 Å². The van der Waals surface area contributed by atoms with Crippen molar-refractivity contribution in [3.8, 4) is 11.3 Å². The van der Waals surface area contributed by atoms with Crippen molar-refractivity contribution in [2.24, 2.45) is 0 Å². The van der Waals surface area contributed by atoms with E-state index >= 15 is 0 Å². The van der Waals surface area contributed by atoms with Crippen LogP contribution >= 0.6 is 23.2 Å². The zero-order valence-electron chi connectivity index (χ0n) is 15.6. The van der Waals surface area contributed by atoms with Gasteiger partial charge in [-0.3, -0.25) is 14.9 Å². The zero-order chi connectivity index (χ0) is 21.4. The smallest absolute Gasteiger partial charge is 0.335 e. The van der Waals surface area contributed by atoms with Gasteiger partial charge in [0, 0.05) is 15.6 Å². The second kappa shape index (κ2) is 7.82. The van der Waals surface area contributed by atoms with Gasteiger partial charge in [-0.1, -0.05) is 29.3 Å². The zero-order valence-corrected chi connectivity index (χ0v) is 17.1. The Labute approximate surface area is 181 Å². The van der Waals surface area contributed by atoms with E-state index in [4.69, 9.17) is 27.6 Å². The number of nitrogens with one attached hydrogen (secondary N) is 1. The first-order valence-electron chi connectivity index (χ1n) is 8.87. The molecule has 0 radical (unpaired) electrons. The maximum absolute atomic E-state index is 12.9. The number of furan rings is 1. The van der Waals surface area contributed by atoms with Crippen LogP contribution in [-0.2, 0) is 9.59 Å². The third kappa shape index (κ3) is 3.75. The number of rotatable bonds is 3. The van der Waals surface area contributed by atoms with Gasteiger partial charge in [-0.2, -0.15) is 0 Å². The minimum absolute atomic E-state index is 0.233. The molecule has 0 aliphatic carbocycles. The predicted molar refractivity (Wildman–Crippen MR) is 114 cm³/mol. The number of halogens is 2. The fourth-order valence-corrected chi connectivity index (χ4v) is 3.26. The Bertz CT molecular complexity index is 1210. The number of amides is 4. The molecule has 6 nitrogen and oxygen atoms in total. The van der Waals surface area contributed by atoms with Crippen molar-refractivity contribution in [1.82, 2.24) is 5.32 Å². The molecule has 1 aliphatic heterocycles. The highest BCUT2D eigenvalue weighted by molar-refractivity contribution is 6.39. The van der Waals surface area contributed by atoms with Gasteiger partial charge in [0.1, 0.15) is 17.1 Å². The lowest BCUT2D eigenvalue weighted by Gasteiger charge is -2.26. The van der Waals surface area contributed by atoms with Crippen LogP contribution in [0, 0.1) is 6.92 Å². The summed E-state index contributed by atoms with van der Waals surface area (Å²) in [5.74, 6) is -0.743.